The van der Waals surface area contributed by atoms with Crippen molar-refractivity contribution in [1.82, 2.24) is 10.2 Å². The molecule has 0 bridgehead atoms. The Morgan fingerprint density at radius 2 is 2.10 bits per heavy atom. The summed E-state index contributed by atoms with van der Waals surface area (Å²) in [5.41, 5.74) is 1.24. The summed E-state index contributed by atoms with van der Waals surface area (Å²) in [4.78, 5) is 2.55. The maximum absolute atomic E-state index is 8.44. The molecule has 108 valence electrons. The molecule has 0 radical (unpaired) electrons. The third-order valence-corrected chi connectivity index (χ3v) is 3.60. The molecule has 4 nitrogen and oxygen atoms in total. The first-order valence-electron chi connectivity index (χ1n) is 7.37. The third-order valence-electron chi connectivity index (χ3n) is 3.60. The number of likely N-dealkylation sites (N-methyl/N-ethyl adjacent to an activating group) is 1. The van der Waals surface area contributed by atoms with Crippen molar-refractivity contribution in [2.24, 2.45) is 0 Å². The summed E-state index contributed by atoms with van der Waals surface area (Å²) >= 11 is 0. The van der Waals surface area contributed by atoms with Crippen LogP contribution in [0, 0.1) is 11.3 Å². The fourth-order valence-electron chi connectivity index (χ4n) is 2.31. The molecule has 1 aromatic rings. The van der Waals surface area contributed by atoms with Crippen LogP contribution < -0.4 is 10.1 Å². The van der Waals surface area contributed by atoms with Crippen molar-refractivity contribution < 1.29 is 4.74 Å². The van der Waals surface area contributed by atoms with Gasteiger partial charge in [-0.25, -0.2) is 0 Å². The molecule has 20 heavy (non-hydrogen) atoms. The van der Waals surface area contributed by atoms with Gasteiger partial charge >= 0.3 is 0 Å². The van der Waals surface area contributed by atoms with Crippen LogP contribution in [-0.2, 0) is 6.54 Å². The van der Waals surface area contributed by atoms with Crippen LogP contribution in [0.3, 0.4) is 0 Å². The first-order valence-corrected chi connectivity index (χ1v) is 7.37. The summed E-state index contributed by atoms with van der Waals surface area (Å²) in [6.07, 6.45) is 2.75. The highest BCUT2D eigenvalue weighted by Crippen LogP contribution is 2.25. The Morgan fingerprint density at radius 1 is 1.35 bits per heavy atom. The van der Waals surface area contributed by atoms with Gasteiger partial charge in [0.15, 0.2) is 6.61 Å². The SMILES string of the molecule is CCN(CCNCc1ccc(OCC#N)cc1)C1CC1. The highest BCUT2D eigenvalue weighted by atomic mass is 16.5. The average Bonchev–Trinajstić information content (AvgIpc) is 3.31. The van der Waals surface area contributed by atoms with Gasteiger partial charge in [-0.05, 0) is 37.1 Å². The zero-order valence-corrected chi connectivity index (χ0v) is 12.1. The molecule has 1 aliphatic rings. The number of hydrogen-bond donors (Lipinski definition) is 1. The molecule has 0 saturated heterocycles. The van der Waals surface area contributed by atoms with Gasteiger partial charge in [-0.3, -0.25) is 4.90 Å². The van der Waals surface area contributed by atoms with Crippen LogP contribution in [0.25, 0.3) is 0 Å². The van der Waals surface area contributed by atoms with Crippen molar-refractivity contribution in [3.63, 3.8) is 0 Å². The Labute approximate surface area is 121 Å². The molecule has 4 heteroatoms. The molecule has 1 aliphatic carbocycles. The Balaban J connectivity index is 1.64. The van der Waals surface area contributed by atoms with Gasteiger partial charge in [0.2, 0.25) is 0 Å². The average molecular weight is 273 g/mol. The number of nitrogens with zero attached hydrogens (tertiary/aromatic N) is 2. The van der Waals surface area contributed by atoms with Gasteiger partial charge in [-0.1, -0.05) is 19.1 Å². The predicted octanol–water partition coefficient (Wildman–Crippen LogP) is 2.16. The van der Waals surface area contributed by atoms with E-state index in [2.05, 4.69) is 17.1 Å². The maximum atomic E-state index is 8.44. The van der Waals surface area contributed by atoms with Crippen LogP contribution in [0.2, 0.25) is 0 Å². The van der Waals surface area contributed by atoms with Crippen LogP contribution in [0.5, 0.6) is 5.75 Å². The van der Waals surface area contributed by atoms with E-state index in [0.29, 0.717) is 0 Å². The van der Waals surface area contributed by atoms with Gasteiger partial charge < -0.3 is 10.1 Å². The number of ether oxygens (including phenoxy) is 1. The van der Waals surface area contributed by atoms with E-state index in [9.17, 15) is 0 Å². The predicted molar refractivity (Wildman–Crippen MR) is 79.5 cm³/mol. The van der Waals surface area contributed by atoms with Crippen molar-refractivity contribution in [3.05, 3.63) is 29.8 Å². The van der Waals surface area contributed by atoms with E-state index >= 15 is 0 Å². The van der Waals surface area contributed by atoms with Crippen molar-refractivity contribution in [2.45, 2.75) is 32.4 Å². The zero-order valence-electron chi connectivity index (χ0n) is 12.1. The summed E-state index contributed by atoms with van der Waals surface area (Å²) in [5, 5.41) is 11.9. The molecule has 0 unspecified atom stereocenters. The fourth-order valence-corrected chi connectivity index (χ4v) is 2.31. The van der Waals surface area contributed by atoms with E-state index in [4.69, 9.17) is 10.00 Å². The quantitative estimate of drug-likeness (QED) is 0.700. The van der Waals surface area contributed by atoms with Gasteiger partial charge in [0.25, 0.3) is 0 Å². The van der Waals surface area contributed by atoms with Crippen LogP contribution >= 0.6 is 0 Å². The largest absolute Gasteiger partial charge is 0.479 e. The van der Waals surface area contributed by atoms with Crippen molar-refractivity contribution in [1.29, 1.82) is 5.26 Å². The fraction of sp³-hybridized carbons (Fsp3) is 0.562. The highest BCUT2D eigenvalue weighted by molar-refractivity contribution is 5.27. The molecule has 2 rings (SSSR count). The normalized spacial score (nSPS) is 14.2. The smallest absolute Gasteiger partial charge is 0.174 e. The van der Waals surface area contributed by atoms with Gasteiger partial charge in [-0.15, -0.1) is 0 Å². The monoisotopic (exact) mass is 273 g/mol. The van der Waals surface area contributed by atoms with Crippen molar-refractivity contribution >= 4 is 0 Å². The standard InChI is InChI=1S/C16H23N3O/c1-2-19(15-5-6-15)11-10-18-13-14-3-7-16(8-4-14)20-12-9-17/h3-4,7-8,15,18H,2,5-6,10-13H2,1H3. The van der Waals surface area contributed by atoms with E-state index in [1.165, 1.54) is 18.4 Å². The molecule has 0 aliphatic heterocycles. The zero-order chi connectivity index (χ0) is 14.2. The van der Waals surface area contributed by atoms with E-state index in [-0.39, 0.29) is 6.61 Å². The number of nitriles is 1. The number of hydrogen-bond acceptors (Lipinski definition) is 4. The summed E-state index contributed by atoms with van der Waals surface area (Å²) < 4.78 is 5.23. The minimum Gasteiger partial charge on any atom is -0.479 e. The van der Waals surface area contributed by atoms with E-state index in [1.807, 2.05) is 30.3 Å². The van der Waals surface area contributed by atoms with Gasteiger partial charge in [-0.2, -0.15) is 5.26 Å². The summed E-state index contributed by atoms with van der Waals surface area (Å²) in [6.45, 7) is 6.52. The minimum atomic E-state index is 0.103. The van der Waals surface area contributed by atoms with E-state index < -0.39 is 0 Å². The number of benzene rings is 1. The molecule has 1 aromatic carbocycles. The first-order chi connectivity index (χ1) is 9.83. The lowest BCUT2D eigenvalue weighted by atomic mass is 10.2. The summed E-state index contributed by atoms with van der Waals surface area (Å²) in [6, 6.07) is 10.7. The Morgan fingerprint density at radius 3 is 2.70 bits per heavy atom. The summed E-state index contributed by atoms with van der Waals surface area (Å²) in [7, 11) is 0. The van der Waals surface area contributed by atoms with Gasteiger partial charge in [0.05, 0.1) is 0 Å². The number of nitrogens with one attached hydrogen (secondary N) is 1. The molecule has 0 spiro atoms. The lowest BCUT2D eigenvalue weighted by molar-refractivity contribution is 0.277. The summed E-state index contributed by atoms with van der Waals surface area (Å²) in [5.74, 6) is 0.751. The Kier molecular flexibility index (Phi) is 5.85. The number of rotatable bonds is 9. The molecule has 0 heterocycles. The first kappa shape index (κ1) is 14.8. The second-order valence-corrected chi connectivity index (χ2v) is 5.13. The van der Waals surface area contributed by atoms with E-state index in [0.717, 1.165) is 38.0 Å². The van der Waals surface area contributed by atoms with Crippen LogP contribution in [-0.4, -0.2) is 37.2 Å². The molecule has 1 fully saturated rings. The highest BCUT2D eigenvalue weighted by Gasteiger charge is 2.26. The van der Waals surface area contributed by atoms with Crippen molar-refractivity contribution in [3.8, 4) is 11.8 Å². The van der Waals surface area contributed by atoms with Crippen LogP contribution in [0.15, 0.2) is 24.3 Å². The van der Waals surface area contributed by atoms with Crippen LogP contribution in [0.1, 0.15) is 25.3 Å². The lowest BCUT2D eigenvalue weighted by Crippen LogP contribution is -2.33. The van der Waals surface area contributed by atoms with Crippen LogP contribution in [0.4, 0.5) is 0 Å². The Hall–Kier alpha value is -1.57. The van der Waals surface area contributed by atoms with Gasteiger partial charge in [0, 0.05) is 25.7 Å². The second-order valence-electron chi connectivity index (χ2n) is 5.13. The third kappa shape index (κ3) is 4.84. The van der Waals surface area contributed by atoms with Gasteiger partial charge in [0.1, 0.15) is 11.8 Å². The second kappa shape index (κ2) is 7.88. The molecule has 0 aromatic heterocycles. The molecule has 0 amide bonds. The topological polar surface area (TPSA) is 48.3 Å². The maximum Gasteiger partial charge on any atom is 0.174 e. The molecular weight excluding hydrogens is 250 g/mol. The molecular formula is C16H23N3O. The molecule has 0 atom stereocenters. The molecule has 1 N–H and O–H groups in total. The molecule has 1 saturated carbocycles. The minimum absolute atomic E-state index is 0.103. The Bertz CT molecular complexity index is 434. The van der Waals surface area contributed by atoms with Crippen molar-refractivity contribution in [2.75, 3.05) is 26.2 Å². The lowest BCUT2D eigenvalue weighted by Gasteiger charge is -2.19. The van der Waals surface area contributed by atoms with E-state index in [1.54, 1.807) is 0 Å².